The van der Waals surface area contributed by atoms with Crippen LogP contribution < -0.4 is 0 Å². The summed E-state index contributed by atoms with van der Waals surface area (Å²) < 4.78 is 14.1. The number of aryl methyl sites for hydroxylation is 1. The summed E-state index contributed by atoms with van der Waals surface area (Å²) in [4.78, 5) is 2.09. The van der Waals surface area contributed by atoms with E-state index in [2.05, 4.69) is 11.8 Å². The Morgan fingerprint density at radius 1 is 1.40 bits per heavy atom. The minimum absolute atomic E-state index is 0.303. The lowest BCUT2D eigenvalue weighted by molar-refractivity contribution is -0.0466. The molecule has 3 heteroatoms. The van der Waals surface area contributed by atoms with Crippen molar-refractivity contribution in [3.05, 3.63) is 35.1 Å². The van der Waals surface area contributed by atoms with Gasteiger partial charge in [0.25, 0.3) is 0 Å². The molecule has 0 radical (unpaired) electrons. The predicted octanol–water partition coefficient (Wildman–Crippen LogP) is 3.68. The average Bonchev–Trinajstić information content (AvgIpc) is 2.40. The van der Waals surface area contributed by atoms with E-state index in [1.807, 2.05) is 21.0 Å². The van der Waals surface area contributed by atoms with Crippen LogP contribution in [0.1, 0.15) is 49.8 Å². The van der Waals surface area contributed by atoms with Crippen LogP contribution in [0.2, 0.25) is 0 Å². The highest BCUT2D eigenvalue weighted by atomic mass is 19.1. The maximum absolute atomic E-state index is 14.1. The van der Waals surface area contributed by atoms with Gasteiger partial charge in [0.1, 0.15) is 11.9 Å². The summed E-state index contributed by atoms with van der Waals surface area (Å²) in [6, 6.07) is 4.99. The number of nitrogens with zero attached hydrogens (tertiary/aromatic N) is 1. The van der Waals surface area contributed by atoms with E-state index in [-0.39, 0.29) is 11.4 Å². The second-order valence-corrected chi connectivity index (χ2v) is 6.63. The van der Waals surface area contributed by atoms with Crippen molar-refractivity contribution in [2.45, 2.75) is 51.2 Å². The van der Waals surface area contributed by atoms with Gasteiger partial charge in [0.2, 0.25) is 0 Å². The van der Waals surface area contributed by atoms with E-state index in [1.165, 1.54) is 12.5 Å². The monoisotopic (exact) mass is 279 g/mol. The second kappa shape index (κ2) is 5.82. The van der Waals surface area contributed by atoms with E-state index < -0.39 is 6.10 Å². The number of aliphatic hydroxyl groups excluding tert-OH is 1. The summed E-state index contributed by atoms with van der Waals surface area (Å²) in [6.45, 7) is 4.15. The van der Waals surface area contributed by atoms with Gasteiger partial charge in [-0.1, -0.05) is 37.5 Å². The molecule has 1 saturated carbocycles. The standard InChI is InChI=1S/C17H26FNO/c1-12-7-8-15(18)14(10-12)16(20)17(19(3)4)9-5-6-13(2)11-17/h7-8,10,13,16,20H,5-6,9,11H2,1-4H3. The van der Waals surface area contributed by atoms with Crippen LogP contribution in [-0.4, -0.2) is 29.6 Å². The van der Waals surface area contributed by atoms with Crippen LogP contribution in [0.25, 0.3) is 0 Å². The Bertz CT molecular complexity index is 474. The van der Waals surface area contributed by atoms with Crippen LogP contribution in [0, 0.1) is 18.7 Å². The van der Waals surface area contributed by atoms with E-state index in [4.69, 9.17) is 0 Å². The van der Waals surface area contributed by atoms with Crippen molar-refractivity contribution >= 4 is 0 Å². The summed E-state index contributed by atoms with van der Waals surface area (Å²) in [5, 5.41) is 10.9. The van der Waals surface area contributed by atoms with Gasteiger partial charge in [-0.3, -0.25) is 0 Å². The first kappa shape index (κ1) is 15.5. The molecule has 2 nitrogen and oxygen atoms in total. The van der Waals surface area contributed by atoms with Crippen molar-refractivity contribution < 1.29 is 9.50 Å². The number of hydrogen-bond acceptors (Lipinski definition) is 2. The molecule has 0 bridgehead atoms. The molecule has 0 saturated heterocycles. The number of aliphatic hydroxyl groups is 1. The molecule has 0 aromatic heterocycles. The largest absolute Gasteiger partial charge is 0.386 e. The SMILES string of the molecule is Cc1ccc(F)c(C(O)C2(N(C)C)CCCC(C)C2)c1. The zero-order valence-corrected chi connectivity index (χ0v) is 13.0. The highest BCUT2D eigenvalue weighted by molar-refractivity contribution is 5.28. The van der Waals surface area contributed by atoms with Crippen LogP contribution in [0.5, 0.6) is 0 Å². The first-order valence-corrected chi connectivity index (χ1v) is 7.48. The molecule has 1 aliphatic rings. The summed E-state index contributed by atoms with van der Waals surface area (Å²) >= 11 is 0. The molecular weight excluding hydrogens is 253 g/mol. The Balaban J connectivity index is 2.41. The van der Waals surface area contributed by atoms with Crippen molar-refractivity contribution in [2.75, 3.05) is 14.1 Å². The summed E-state index contributed by atoms with van der Waals surface area (Å²) in [5.41, 5.74) is 1.07. The maximum Gasteiger partial charge on any atom is 0.129 e. The first-order valence-electron chi connectivity index (χ1n) is 7.48. The quantitative estimate of drug-likeness (QED) is 0.912. The van der Waals surface area contributed by atoms with Gasteiger partial charge in [0, 0.05) is 5.56 Å². The van der Waals surface area contributed by atoms with Gasteiger partial charge in [-0.2, -0.15) is 0 Å². The van der Waals surface area contributed by atoms with Crippen molar-refractivity contribution in [2.24, 2.45) is 5.92 Å². The molecule has 1 aromatic carbocycles. The molecule has 112 valence electrons. The number of rotatable bonds is 3. The topological polar surface area (TPSA) is 23.5 Å². The summed E-state index contributed by atoms with van der Waals surface area (Å²) in [7, 11) is 3.99. The van der Waals surface area contributed by atoms with E-state index in [0.29, 0.717) is 11.5 Å². The number of benzene rings is 1. The molecule has 1 aliphatic carbocycles. The van der Waals surface area contributed by atoms with Crippen LogP contribution in [0.4, 0.5) is 4.39 Å². The van der Waals surface area contributed by atoms with Gasteiger partial charge in [-0.05, 0) is 45.8 Å². The number of likely N-dealkylation sites (N-methyl/N-ethyl adjacent to an activating group) is 1. The van der Waals surface area contributed by atoms with Crippen molar-refractivity contribution in [1.29, 1.82) is 0 Å². The highest BCUT2D eigenvalue weighted by Gasteiger charge is 2.44. The maximum atomic E-state index is 14.1. The molecule has 2 rings (SSSR count). The summed E-state index contributed by atoms with van der Waals surface area (Å²) in [6.07, 6.45) is 3.33. The van der Waals surface area contributed by atoms with Gasteiger partial charge in [-0.15, -0.1) is 0 Å². The molecule has 1 aromatic rings. The van der Waals surface area contributed by atoms with Gasteiger partial charge in [0.15, 0.2) is 0 Å². The third-order valence-corrected chi connectivity index (χ3v) is 4.85. The minimum atomic E-state index is -0.778. The second-order valence-electron chi connectivity index (χ2n) is 6.63. The Kier molecular flexibility index (Phi) is 4.50. The molecule has 0 spiro atoms. The Hall–Kier alpha value is -0.930. The van der Waals surface area contributed by atoms with Gasteiger partial charge >= 0.3 is 0 Å². The lowest BCUT2D eigenvalue weighted by atomic mass is 9.70. The molecule has 20 heavy (non-hydrogen) atoms. The highest BCUT2D eigenvalue weighted by Crippen LogP contribution is 2.44. The minimum Gasteiger partial charge on any atom is -0.386 e. The zero-order valence-electron chi connectivity index (χ0n) is 13.0. The molecule has 0 heterocycles. The van der Waals surface area contributed by atoms with Crippen LogP contribution >= 0.6 is 0 Å². The first-order chi connectivity index (χ1) is 9.36. The fourth-order valence-corrected chi connectivity index (χ4v) is 3.63. The predicted molar refractivity (Wildman–Crippen MR) is 80.1 cm³/mol. The van der Waals surface area contributed by atoms with E-state index in [1.54, 1.807) is 12.1 Å². The Morgan fingerprint density at radius 2 is 2.10 bits per heavy atom. The lowest BCUT2D eigenvalue weighted by Gasteiger charge is -2.48. The average molecular weight is 279 g/mol. The molecular formula is C17H26FNO. The lowest BCUT2D eigenvalue weighted by Crippen LogP contribution is -2.52. The molecule has 3 unspecified atom stereocenters. The number of hydrogen-bond donors (Lipinski definition) is 1. The third kappa shape index (κ3) is 2.75. The van der Waals surface area contributed by atoms with E-state index in [9.17, 15) is 9.50 Å². The summed E-state index contributed by atoms with van der Waals surface area (Å²) in [5.74, 6) is 0.260. The normalized spacial score (nSPS) is 28.6. The smallest absolute Gasteiger partial charge is 0.129 e. The Labute approximate surface area is 121 Å². The van der Waals surface area contributed by atoms with Crippen molar-refractivity contribution in [3.63, 3.8) is 0 Å². The van der Waals surface area contributed by atoms with Crippen LogP contribution in [0.3, 0.4) is 0 Å². The number of halogens is 1. The fraction of sp³-hybridized carbons (Fsp3) is 0.647. The fourth-order valence-electron chi connectivity index (χ4n) is 3.63. The molecule has 1 fully saturated rings. The van der Waals surface area contributed by atoms with Crippen LogP contribution in [0.15, 0.2) is 18.2 Å². The van der Waals surface area contributed by atoms with Gasteiger partial charge < -0.3 is 10.0 Å². The molecule has 3 atom stereocenters. The molecule has 0 amide bonds. The van der Waals surface area contributed by atoms with Crippen LogP contribution in [-0.2, 0) is 0 Å². The van der Waals surface area contributed by atoms with E-state index >= 15 is 0 Å². The van der Waals surface area contributed by atoms with Crippen molar-refractivity contribution in [3.8, 4) is 0 Å². The van der Waals surface area contributed by atoms with Crippen molar-refractivity contribution in [1.82, 2.24) is 4.90 Å². The zero-order chi connectivity index (χ0) is 14.9. The Morgan fingerprint density at radius 3 is 2.70 bits per heavy atom. The third-order valence-electron chi connectivity index (χ3n) is 4.85. The molecule has 0 aliphatic heterocycles. The van der Waals surface area contributed by atoms with E-state index in [0.717, 1.165) is 24.8 Å². The van der Waals surface area contributed by atoms with Gasteiger partial charge in [-0.25, -0.2) is 4.39 Å². The molecule has 1 N–H and O–H groups in total. The van der Waals surface area contributed by atoms with Gasteiger partial charge in [0.05, 0.1) is 5.54 Å².